The van der Waals surface area contributed by atoms with Gasteiger partial charge in [-0.2, -0.15) is 5.10 Å². The van der Waals surface area contributed by atoms with Crippen LogP contribution in [-0.2, 0) is 6.54 Å². The Labute approximate surface area is 119 Å². The highest BCUT2D eigenvalue weighted by atomic mass is 16.6. The van der Waals surface area contributed by atoms with Crippen LogP contribution in [-0.4, -0.2) is 28.3 Å². The summed E-state index contributed by atoms with van der Waals surface area (Å²) in [6.45, 7) is 1.10. The number of H-pyrrole nitrogens is 1. The molecular weight excluding hydrogens is 278 g/mol. The molecule has 110 valence electrons. The first-order valence-electron chi connectivity index (χ1n) is 6.25. The van der Waals surface area contributed by atoms with E-state index in [1.54, 1.807) is 12.3 Å². The molecule has 9 heteroatoms. The lowest BCUT2D eigenvalue weighted by Crippen LogP contribution is -2.16. The molecule has 9 nitrogen and oxygen atoms in total. The number of hydrogen-bond acceptors (Lipinski definition) is 7. The van der Waals surface area contributed by atoms with E-state index in [9.17, 15) is 10.1 Å². The van der Waals surface area contributed by atoms with E-state index in [4.69, 9.17) is 15.2 Å². The van der Waals surface area contributed by atoms with Gasteiger partial charge in [-0.3, -0.25) is 15.2 Å². The molecule has 0 radical (unpaired) electrons. The molecule has 0 atom stereocenters. The van der Waals surface area contributed by atoms with Crippen LogP contribution in [0.25, 0.3) is 0 Å². The molecule has 0 bridgehead atoms. The van der Waals surface area contributed by atoms with Crippen molar-refractivity contribution in [3.63, 3.8) is 0 Å². The molecule has 0 aliphatic carbocycles. The number of aromatic amines is 1. The number of anilines is 2. The summed E-state index contributed by atoms with van der Waals surface area (Å²) in [7, 11) is 0. The number of nitrogens with two attached hydrogens (primary N) is 1. The highest BCUT2D eigenvalue weighted by Crippen LogP contribution is 2.39. The van der Waals surface area contributed by atoms with Crippen LogP contribution in [0.15, 0.2) is 18.3 Å². The maximum absolute atomic E-state index is 11.2. The molecule has 21 heavy (non-hydrogen) atoms. The summed E-state index contributed by atoms with van der Waals surface area (Å²) in [4.78, 5) is 10.7. The average Bonchev–Trinajstić information content (AvgIpc) is 2.89. The van der Waals surface area contributed by atoms with Crippen molar-refractivity contribution >= 4 is 17.2 Å². The van der Waals surface area contributed by atoms with E-state index in [1.807, 2.05) is 0 Å². The second kappa shape index (κ2) is 5.19. The van der Waals surface area contributed by atoms with Gasteiger partial charge >= 0.3 is 0 Å². The van der Waals surface area contributed by atoms with Gasteiger partial charge in [-0.25, -0.2) is 0 Å². The molecule has 0 fully saturated rings. The first kappa shape index (κ1) is 13.0. The Bertz CT molecular complexity index is 684. The number of ether oxygens (including phenoxy) is 2. The molecule has 0 saturated carbocycles. The zero-order valence-corrected chi connectivity index (χ0v) is 11.0. The van der Waals surface area contributed by atoms with Crippen LogP contribution in [0, 0.1) is 10.1 Å². The first-order chi connectivity index (χ1) is 10.1. The Hall–Kier alpha value is -2.97. The van der Waals surface area contributed by atoms with Gasteiger partial charge in [0.05, 0.1) is 17.2 Å². The van der Waals surface area contributed by atoms with Gasteiger partial charge in [-0.05, 0) is 0 Å². The van der Waals surface area contributed by atoms with Gasteiger partial charge in [0.15, 0.2) is 11.5 Å². The van der Waals surface area contributed by atoms with Crippen molar-refractivity contribution in [1.29, 1.82) is 0 Å². The van der Waals surface area contributed by atoms with Gasteiger partial charge in [0.1, 0.15) is 24.7 Å². The molecule has 0 spiro atoms. The van der Waals surface area contributed by atoms with Crippen LogP contribution in [0.1, 0.15) is 5.56 Å². The number of benzene rings is 1. The lowest BCUT2D eigenvalue weighted by Gasteiger charge is -2.19. The summed E-state index contributed by atoms with van der Waals surface area (Å²) in [5.74, 6) is 1.28. The molecule has 0 unspecified atom stereocenters. The van der Waals surface area contributed by atoms with Crippen LogP contribution in [0.4, 0.5) is 17.2 Å². The van der Waals surface area contributed by atoms with E-state index in [0.29, 0.717) is 42.8 Å². The van der Waals surface area contributed by atoms with Gasteiger partial charge in [0, 0.05) is 18.2 Å². The Morgan fingerprint density at radius 2 is 2.10 bits per heavy atom. The van der Waals surface area contributed by atoms with Crippen molar-refractivity contribution in [3.8, 4) is 11.5 Å². The predicted octanol–water partition coefficient (Wildman–Crippen LogP) is 1.28. The monoisotopic (exact) mass is 291 g/mol. The molecule has 1 aliphatic heterocycles. The molecule has 1 aromatic heterocycles. The fourth-order valence-electron chi connectivity index (χ4n) is 2.02. The van der Waals surface area contributed by atoms with Crippen molar-refractivity contribution < 1.29 is 14.4 Å². The third-order valence-corrected chi connectivity index (χ3v) is 3.08. The highest BCUT2D eigenvalue weighted by Gasteiger charge is 2.22. The predicted molar refractivity (Wildman–Crippen MR) is 74.4 cm³/mol. The zero-order valence-electron chi connectivity index (χ0n) is 11.0. The second-order valence-electron chi connectivity index (χ2n) is 4.43. The van der Waals surface area contributed by atoms with Gasteiger partial charge < -0.3 is 20.5 Å². The molecular formula is C12H13N5O4. The quantitative estimate of drug-likeness (QED) is 0.571. The Morgan fingerprint density at radius 3 is 2.71 bits per heavy atom. The summed E-state index contributed by atoms with van der Waals surface area (Å²) in [6.07, 6.45) is 1.56. The fraction of sp³-hybridized carbons (Fsp3) is 0.250. The van der Waals surface area contributed by atoms with Crippen molar-refractivity contribution in [3.05, 3.63) is 34.0 Å². The molecule has 1 aromatic carbocycles. The van der Waals surface area contributed by atoms with Gasteiger partial charge in [0.25, 0.3) is 5.69 Å². The number of aromatic nitrogens is 2. The van der Waals surface area contributed by atoms with E-state index in [0.717, 1.165) is 5.56 Å². The van der Waals surface area contributed by atoms with E-state index in [2.05, 4.69) is 15.5 Å². The number of nitro groups is 1. The van der Waals surface area contributed by atoms with Crippen LogP contribution in [0.2, 0.25) is 0 Å². The molecule has 1 aliphatic rings. The third kappa shape index (κ3) is 2.53. The summed E-state index contributed by atoms with van der Waals surface area (Å²) in [6, 6.07) is 2.92. The molecule has 4 N–H and O–H groups in total. The van der Waals surface area contributed by atoms with Crippen LogP contribution >= 0.6 is 0 Å². The van der Waals surface area contributed by atoms with Crippen molar-refractivity contribution in [1.82, 2.24) is 10.2 Å². The van der Waals surface area contributed by atoms with E-state index in [1.165, 1.54) is 6.07 Å². The molecule has 0 amide bonds. The van der Waals surface area contributed by atoms with Gasteiger partial charge in [-0.15, -0.1) is 0 Å². The lowest BCUT2D eigenvalue weighted by molar-refractivity contribution is -0.384. The number of nitrogens with one attached hydrogen (secondary N) is 2. The van der Waals surface area contributed by atoms with Gasteiger partial charge in [0.2, 0.25) is 0 Å². The summed E-state index contributed by atoms with van der Waals surface area (Å²) in [5.41, 5.74) is 6.65. The van der Waals surface area contributed by atoms with Crippen molar-refractivity contribution in [2.75, 3.05) is 24.3 Å². The van der Waals surface area contributed by atoms with Gasteiger partial charge in [-0.1, -0.05) is 0 Å². The smallest absolute Gasteiger partial charge is 0.296 e. The minimum absolute atomic E-state index is 0.0821. The average molecular weight is 291 g/mol. The number of hydrogen-bond donors (Lipinski definition) is 3. The zero-order chi connectivity index (χ0) is 14.8. The second-order valence-corrected chi connectivity index (χ2v) is 4.43. The van der Waals surface area contributed by atoms with E-state index in [-0.39, 0.29) is 5.69 Å². The first-order valence-corrected chi connectivity index (χ1v) is 6.25. The maximum Gasteiger partial charge on any atom is 0.296 e. The van der Waals surface area contributed by atoms with Crippen molar-refractivity contribution in [2.24, 2.45) is 0 Å². The number of nitrogen functional groups attached to an aromatic ring is 1. The molecule has 2 aromatic rings. The maximum atomic E-state index is 11.2. The summed E-state index contributed by atoms with van der Waals surface area (Å²) >= 11 is 0. The number of rotatable bonds is 4. The lowest BCUT2D eigenvalue weighted by atomic mass is 10.2. The molecule has 3 rings (SSSR count). The standard InChI is InChI=1S/C12H13N5O4/c13-12-7(6-15-16-12)5-14-8-3-10-11(21-2-1-20-10)4-9(8)17(18)19/h3-4,6,14H,1-2,5H2,(H3,13,15,16). The minimum Gasteiger partial charge on any atom is -0.486 e. The fourth-order valence-corrected chi connectivity index (χ4v) is 2.02. The largest absolute Gasteiger partial charge is 0.486 e. The molecule has 2 heterocycles. The van der Waals surface area contributed by atoms with E-state index >= 15 is 0 Å². The number of fused-ring (bicyclic) bond motifs is 1. The Morgan fingerprint density at radius 1 is 1.38 bits per heavy atom. The van der Waals surface area contributed by atoms with Crippen LogP contribution in [0.3, 0.4) is 0 Å². The van der Waals surface area contributed by atoms with Crippen LogP contribution in [0.5, 0.6) is 11.5 Å². The Kier molecular flexibility index (Phi) is 3.22. The minimum atomic E-state index is -0.473. The SMILES string of the molecule is Nc1[nH]ncc1CNc1cc2c(cc1[N+](=O)[O-])OCCO2. The van der Waals surface area contributed by atoms with Crippen LogP contribution < -0.4 is 20.5 Å². The molecule has 0 saturated heterocycles. The summed E-state index contributed by atoms with van der Waals surface area (Å²) in [5, 5.41) is 20.5. The topological polar surface area (TPSA) is 128 Å². The highest BCUT2D eigenvalue weighted by molar-refractivity contribution is 5.69. The van der Waals surface area contributed by atoms with E-state index < -0.39 is 4.92 Å². The van der Waals surface area contributed by atoms with Crippen molar-refractivity contribution in [2.45, 2.75) is 6.54 Å². The summed E-state index contributed by atoms with van der Waals surface area (Å²) < 4.78 is 10.8. The third-order valence-electron chi connectivity index (χ3n) is 3.08. The number of nitro benzene ring substituents is 1. The normalized spacial score (nSPS) is 13.0. The Balaban J connectivity index is 1.89. The number of nitrogens with zero attached hydrogens (tertiary/aromatic N) is 2.